The average Bonchev–Trinajstić information content (AvgIpc) is 2.37. The van der Waals surface area contributed by atoms with Gasteiger partial charge >= 0.3 is 0 Å². The van der Waals surface area contributed by atoms with Gasteiger partial charge < -0.3 is 10.1 Å². The van der Waals surface area contributed by atoms with E-state index >= 15 is 0 Å². The van der Waals surface area contributed by atoms with E-state index in [1.807, 2.05) is 25.1 Å². The van der Waals surface area contributed by atoms with E-state index in [0.717, 1.165) is 0 Å². The molecule has 1 N–H and O–H groups in total. The Bertz CT molecular complexity index is 350. The molecule has 1 rings (SSSR count). The summed E-state index contributed by atoms with van der Waals surface area (Å²) in [5.74, 6) is 0.215. The number of hydrogen-bond donors (Lipinski definition) is 1. The van der Waals surface area contributed by atoms with E-state index in [2.05, 4.69) is 24.4 Å². The maximum Gasteiger partial charge on any atom is 0.249 e. The fourth-order valence-corrected chi connectivity index (χ4v) is 1.62. The molecule has 0 aliphatic rings. The predicted molar refractivity (Wildman–Crippen MR) is 68.9 cm³/mol. The molecule has 1 aromatic rings. The van der Waals surface area contributed by atoms with Gasteiger partial charge in [-0.1, -0.05) is 37.3 Å². The summed E-state index contributed by atoms with van der Waals surface area (Å²) in [5, 5.41) is 2.96. The Morgan fingerprint density at radius 1 is 1.18 bits per heavy atom. The zero-order valence-electron chi connectivity index (χ0n) is 10.9. The topological polar surface area (TPSA) is 38.3 Å². The van der Waals surface area contributed by atoms with E-state index in [0.29, 0.717) is 0 Å². The Morgan fingerprint density at radius 3 is 2.29 bits per heavy atom. The zero-order chi connectivity index (χ0) is 12.8. The summed E-state index contributed by atoms with van der Waals surface area (Å²) in [6.45, 7) is 5.87. The van der Waals surface area contributed by atoms with Crippen molar-refractivity contribution in [2.75, 3.05) is 7.11 Å². The van der Waals surface area contributed by atoms with Crippen molar-refractivity contribution >= 4 is 5.91 Å². The summed E-state index contributed by atoms with van der Waals surface area (Å²) in [6.07, 6.45) is -0.402. The first-order valence-corrected chi connectivity index (χ1v) is 5.94. The van der Waals surface area contributed by atoms with Gasteiger partial charge in [-0.15, -0.1) is 0 Å². The van der Waals surface area contributed by atoms with Gasteiger partial charge in [0.1, 0.15) is 6.10 Å². The third-order valence-electron chi connectivity index (χ3n) is 3.17. The molecule has 0 fully saturated rings. The van der Waals surface area contributed by atoms with Crippen molar-refractivity contribution in [3.05, 3.63) is 35.9 Å². The lowest BCUT2D eigenvalue weighted by Gasteiger charge is -2.23. The average molecular weight is 235 g/mol. The molecule has 0 unspecified atom stereocenters. The minimum Gasteiger partial charge on any atom is -0.372 e. The summed E-state index contributed by atoms with van der Waals surface area (Å²) in [5.41, 5.74) is 1.23. The van der Waals surface area contributed by atoms with Crippen LogP contribution < -0.4 is 5.32 Å². The first-order chi connectivity index (χ1) is 8.06. The molecule has 3 nitrogen and oxygen atoms in total. The molecule has 0 saturated carbocycles. The number of amides is 1. The lowest BCUT2D eigenvalue weighted by molar-refractivity contribution is -0.130. The molecule has 3 atom stereocenters. The van der Waals surface area contributed by atoms with Crippen LogP contribution in [0.15, 0.2) is 30.3 Å². The third kappa shape index (κ3) is 3.86. The van der Waals surface area contributed by atoms with Crippen molar-refractivity contribution < 1.29 is 9.53 Å². The minimum atomic E-state index is -0.402. The van der Waals surface area contributed by atoms with Crippen LogP contribution in [0.4, 0.5) is 0 Å². The maximum atomic E-state index is 11.7. The second-order valence-corrected chi connectivity index (χ2v) is 4.37. The Balaban J connectivity index is 2.59. The van der Waals surface area contributed by atoms with E-state index in [1.165, 1.54) is 12.7 Å². The van der Waals surface area contributed by atoms with Crippen LogP contribution in [0.5, 0.6) is 0 Å². The number of ether oxygens (including phenoxy) is 1. The van der Waals surface area contributed by atoms with Crippen LogP contribution in [0, 0.1) is 0 Å². The standard InChI is InChI=1S/C14H21NO2/c1-10(13-8-6-5-7-9-13)11(2)15-14(16)12(3)17-4/h5-12H,1-4H3,(H,15,16)/t10-,11+,12-/m1/s1. The highest BCUT2D eigenvalue weighted by atomic mass is 16.5. The number of rotatable bonds is 5. The predicted octanol–water partition coefficient (Wildman–Crippen LogP) is 2.33. The molecule has 3 heteroatoms. The Labute approximate surface area is 103 Å². The van der Waals surface area contributed by atoms with Gasteiger partial charge in [-0.25, -0.2) is 0 Å². The van der Waals surface area contributed by atoms with E-state index in [4.69, 9.17) is 4.74 Å². The Kier molecular flexibility index (Phi) is 5.16. The van der Waals surface area contributed by atoms with Crippen LogP contribution in [0.25, 0.3) is 0 Å². The van der Waals surface area contributed by atoms with Crippen molar-refractivity contribution in [1.82, 2.24) is 5.32 Å². The van der Waals surface area contributed by atoms with E-state index in [1.54, 1.807) is 6.92 Å². The molecular weight excluding hydrogens is 214 g/mol. The lowest BCUT2D eigenvalue weighted by atomic mass is 9.94. The van der Waals surface area contributed by atoms with Crippen LogP contribution in [0.2, 0.25) is 0 Å². The number of nitrogens with one attached hydrogen (secondary N) is 1. The van der Waals surface area contributed by atoms with E-state index in [-0.39, 0.29) is 17.9 Å². The summed E-state index contributed by atoms with van der Waals surface area (Å²) < 4.78 is 4.99. The van der Waals surface area contributed by atoms with Gasteiger partial charge in [-0.05, 0) is 19.4 Å². The number of hydrogen-bond acceptors (Lipinski definition) is 2. The van der Waals surface area contributed by atoms with Crippen molar-refractivity contribution in [2.24, 2.45) is 0 Å². The second kappa shape index (κ2) is 6.40. The molecule has 17 heavy (non-hydrogen) atoms. The fraction of sp³-hybridized carbons (Fsp3) is 0.500. The quantitative estimate of drug-likeness (QED) is 0.850. The van der Waals surface area contributed by atoms with Gasteiger partial charge in [0.2, 0.25) is 5.91 Å². The van der Waals surface area contributed by atoms with Crippen LogP contribution in [-0.4, -0.2) is 25.2 Å². The molecule has 0 aliphatic heterocycles. The largest absolute Gasteiger partial charge is 0.372 e. The van der Waals surface area contributed by atoms with Crippen molar-refractivity contribution in [3.63, 3.8) is 0 Å². The molecule has 1 amide bonds. The highest BCUT2D eigenvalue weighted by Gasteiger charge is 2.19. The number of benzene rings is 1. The van der Waals surface area contributed by atoms with Crippen LogP contribution in [0.3, 0.4) is 0 Å². The minimum absolute atomic E-state index is 0.0669. The Morgan fingerprint density at radius 2 is 1.76 bits per heavy atom. The highest BCUT2D eigenvalue weighted by Crippen LogP contribution is 2.18. The van der Waals surface area contributed by atoms with Gasteiger partial charge in [0.25, 0.3) is 0 Å². The fourth-order valence-electron chi connectivity index (χ4n) is 1.62. The van der Waals surface area contributed by atoms with Crippen molar-refractivity contribution in [3.8, 4) is 0 Å². The van der Waals surface area contributed by atoms with Gasteiger partial charge in [-0.2, -0.15) is 0 Å². The molecule has 1 aromatic carbocycles. The normalized spacial score (nSPS) is 16.0. The molecular formula is C14H21NO2. The first kappa shape index (κ1) is 13.7. The SMILES string of the molecule is CO[C@H](C)C(=O)N[C@@H](C)[C@@H](C)c1ccccc1. The van der Waals surface area contributed by atoms with Gasteiger partial charge in [0.05, 0.1) is 0 Å². The molecule has 94 valence electrons. The zero-order valence-corrected chi connectivity index (χ0v) is 10.9. The molecule has 0 saturated heterocycles. The Hall–Kier alpha value is -1.35. The summed E-state index contributed by atoms with van der Waals surface area (Å²) >= 11 is 0. The van der Waals surface area contributed by atoms with Gasteiger partial charge in [0.15, 0.2) is 0 Å². The smallest absolute Gasteiger partial charge is 0.249 e. The first-order valence-electron chi connectivity index (χ1n) is 5.94. The van der Waals surface area contributed by atoms with Gasteiger partial charge in [0, 0.05) is 19.1 Å². The molecule has 0 aromatic heterocycles. The molecule has 0 radical (unpaired) electrons. The van der Waals surface area contributed by atoms with Gasteiger partial charge in [-0.3, -0.25) is 4.79 Å². The second-order valence-electron chi connectivity index (χ2n) is 4.37. The molecule has 0 aliphatic carbocycles. The third-order valence-corrected chi connectivity index (χ3v) is 3.17. The van der Waals surface area contributed by atoms with E-state index < -0.39 is 6.10 Å². The van der Waals surface area contributed by atoms with E-state index in [9.17, 15) is 4.79 Å². The molecule has 0 bridgehead atoms. The summed E-state index contributed by atoms with van der Waals surface area (Å²) in [7, 11) is 1.54. The van der Waals surface area contributed by atoms with Crippen LogP contribution in [0.1, 0.15) is 32.3 Å². The molecule has 0 spiro atoms. The van der Waals surface area contributed by atoms with Crippen molar-refractivity contribution in [1.29, 1.82) is 0 Å². The number of carbonyl (C=O) groups excluding carboxylic acids is 1. The number of carbonyl (C=O) groups is 1. The highest BCUT2D eigenvalue weighted by molar-refractivity contribution is 5.80. The van der Waals surface area contributed by atoms with Crippen LogP contribution in [-0.2, 0) is 9.53 Å². The van der Waals surface area contributed by atoms with Crippen LogP contribution >= 0.6 is 0 Å². The monoisotopic (exact) mass is 235 g/mol. The summed E-state index contributed by atoms with van der Waals surface area (Å²) in [4.78, 5) is 11.7. The number of methoxy groups -OCH3 is 1. The summed E-state index contributed by atoms with van der Waals surface area (Å²) in [6, 6.07) is 10.3. The van der Waals surface area contributed by atoms with Crippen molar-refractivity contribution in [2.45, 2.75) is 38.8 Å². The lowest BCUT2D eigenvalue weighted by Crippen LogP contribution is -2.41. The maximum absolute atomic E-state index is 11.7. The molecule has 0 heterocycles.